The molecular formula is C18H27NO5S. The van der Waals surface area contributed by atoms with Crippen LogP contribution in [0.2, 0.25) is 0 Å². The molecule has 1 amide bonds. The molecule has 1 aliphatic rings. The van der Waals surface area contributed by atoms with Crippen molar-refractivity contribution in [3.63, 3.8) is 0 Å². The summed E-state index contributed by atoms with van der Waals surface area (Å²) < 4.78 is 32.9. The molecule has 2 rings (SSSR count). The first-order valence-corrected chi connectivity index (χ1v) is 10.3. The fraction of sp³-hybridized carbons (Fsp3) is 0.611. The number of hydrogen-bond donors (Lipinski definition) is 0. The van der Waals surface area contributed by atoms with E-state index in [-0.39, 0.29) is 17.8 Å². The van der Waals surface area contributed by atoms with E-state index in [0.29, 0.717) is 13.1 Å². The Bertz CT molecular complexity index is 685. The van der Waals surface area contributed by atoms with Crippen molar-refractivity contribution in [2.24, 2.45) is 5.41 Å². The molecule has 1 aromatic carbocycles. The van der Waals surface area contributed by atoms with Crippen molar-refractivity contribution in [3.8, 4) is 5.75 Å². The fourth-order valence-electron chi connectivity index (χ4n) is 2.77. The van der Waals surface area contributed by atoms with E-state index in [9.17, 15) is 13.2 Å². The number of rotatable bonds is 6. The van der Waals surface area contributed by atoms with Gasteiger partial charge in [0, 0.05) is 25.1 Å². The highest BCUT2D eigenvalue weighted by Crippen LogP contribution is 2.23. The highest BCUT2D eigenvalue weighted by molar-refractivity contribution is 7.86. The van der Waals surface area contributed by atoms with Crippen molar-refractivity contribution in [2.45, 2.75) is 46.3 Å². The van der Waals surface area contributed by atoms with Gasteiger partial charge < -0.3 is 13.8 Å². The summed E-state index contributed by atoms with van der Waals surface area (Å²) in [4.78, 5) is 14.6. The second-order valence-corrected chi connectivity index (χ2v) is 9.08. The van der Waals surface area contributed by atoms with Crippen LogP contribution in [-0.4, -0.2) is 44.7 Å². The fourth-order valence-corrected chi connectivity index (χ4v) is 3.23. The molecule has 1 fully saturated rings. The Balaban J connectivity index is 2.10. The number of benzene rings is 1. The van der Waals surface area contributed by atoms with E-state index in [1.807, 2.05) is 25.7 Å². The van der Waals surface area contributed by atoms with Gasteiger partial charge in [-0.1, -0.05) is 32.9 Å². The Labute approximate surface area is 150 Å². The number of nitrogens with zero attached hydrogens (tertiary/aromatic N) is 1. The molecule has 1 saturated heterocycles. The lowest BCUT2D eigenvalue weighted by Gasteiger charge is -2.31. The second-order valence-electron chi connectivity index (χ2n) is 7.50. The van der Waals surface area contributed by atoms with Crippen LogP contribution >= 0.6 is 0 Å². The molecule has 0 aromatic heterocycles. The Morgan fingerprint density at radius 3 is 2.40 bits per heavy atom. The molecule has 0 radical (unpaired) electrons. The van der Waals surface area contributed by atoms with Gasteiger partial charge in [0.25, 0.3) is 0 Å². The van der Waals surface area contributed by atoms with Gasteiger partial charge in [-0.25, -0.2) is 0 Å². The molecule has 140 valence electrons. The lowest BCUT2D eigenvalue weighted by atomic mass is 9.94. The van der Waals surface area contributed by atoms with Crippen LogP contribution in [0, 0.1) is 5.41 Å². The van der Waals surface area contributed by atoms with Crippen molar-refractivity contribution in [1.82, 2.24) is 4.90 Å². The van der Waals surface area contributed by atoms with Crippen LogP contribution in [0.15, 0.2) is 24.3 Å². The largest absolute Gasteiger partial charge is 0.383 e. The highest BCUT2D eigenvalue weighted by Gasteiger charge is 2.30. The van der Waals surface area contributed by atoms with E-state index in [4.69, 9.17) is 8.92 Å². The number of amides is 1. The molecule has 0 bridgehead atoms. The Morgan fingerprint density at radius 2 is 1.92 bits per heavy atom. The summed E-state index contributed by atoms with van der Waals surface area (Å²) in [5.41, 5.74) is 0.439. The van der Waals surface area contributed by atoms with Gasteiger partial charge >= 0.3 is 10.1 Å². The van der Waals surface area contributed by atoms with Crippen molar-refractivity contribution in [3.05, 3.63) is 29.8 Å². The number of carbonyl (C=O) groups is 1. The Morgan fingerprint density at radius 1 is 1.28 bits per heavy atom. The zero-order valence-electron chi connectivity index (χ0n) is 15.3. The van der Waals surface area contributed by atoms with Gasteiger partial charge in [0.05, 0.1) is 12.4 Å². The minimum atomic E-state index is -3.54. The lowest BCUT2D eigenvalue weighted by molar-refractivity contribution is -0.141. The average Bonchev–Trinajstić information content (AvgIpc) is 2.98. The maximum absolute atomic E-state index is 12.8. The summed E-state index contributed by atoms with van der Waals surface area (Å²) in [5, 5.41) is 0. The zero-order valence-corrected chi connectivity index (χ0v) is 16.1. The standard InChI is InChI=1S/C18H27NO5S/c1-18(2,3)17(20)19(13-16-6-5-11-23-16)12-14-7-9-15(10-8-14)24-25(4,21)22/h7-10,16H,5-6,11-13H2,1-4H3/t16-/m0/s1. The lowest BCUT2D eigenvalue weighted by Crippen LogP contribution is -2.42. The first kappa shape index (κ1) is 19.7. The zero-order chi connectivity index (χ0) is 18.7. The minimum absolute atomic E-state index is 0.0689. The summed E-state index contributed by atoms with van der Waals surface area (Å²) >= 11 is 0. The van der Waals surface area contributed by atoms with Crippen molar-refractivity contribution < 1.29 is 22.1 Å². The maximum atomic E-state index is 12.8. The van der Waals surface area contributed by atoms with Gasteiger partial charge in [-0.3, -0.25) is 4.79 Å². The number of hydrogen-bond acceptors (Lipinski definition) is 5. The monoisotopic (exact) mass is 369 g/mol. The maximum Gasteiger partial charge on any atom is 0.306 e. The third kappa shape index (κ3) is 6.32. The summed E-state index contributed by atoms with van der Waals surface area (Å²) in [7, 11) is -3.54. The molecule has 7 heteroatoms. The summed E-state index contributed by atoms with van der Waals surface area (Å²) in [6, 6.07) is 6.75. The van der Waals surface area contributed by atoms with Gasteiger partial charge in [-0.15, -0.1) is 0 Å². The van der Waals surface area contributed by atoms with Crippen LogP contribution in [0.3, 0.4) is 0 Å². The predicted molar refractivity (Wildman–Crippen MR) is 95.8 cm³/mol. The van der Waals surface area contributed by atoms with Crippen molar-refractivity contribution >= 4 is 16.0 Å². The molecule has 1 atom stereocenters. The van der Waals surface area contributed by atoms with E-state index in [0.717, 1.165) is 31.3 Å². The molecule has 0 saturated carbocycles. The van der Waals surface area contributed by atoms with E-state index >= 15 is 0 Å². The van der Waals surface area contributed by atoms with Gasteiger partial charge in [0.1, 0.15) is 5.75 Å². The summed E-state index contributed by atoms with van der Waals surface area (Å²) in [5.74, 6) is 0.332. The Kier molecular flexibility index (Phi) is 6.11. The van der Waals surface area contributed by atoms with Gasteiger partial charge in [-0.05, 0) is 30.5 Å². The molecule has 1 heterocycles. The number of ether oxygens (including phenoxy) is 1. The van der Waals surface area contributed by atoms with Crippen LogP contribution in [0.5, 0.6) is 5.75 Å². The molecule has 6 nitrogen and oxygen atoms in total. The van der Waals surface area contributed by atoms with Crippen LogP contribution in [0.25, 0.3) is 0 Å². The highest BCUT2D eigenvalue weighted by atomic mass is 32.2. The molecular weight excluding hydrogens is 342 g/mol. The van der Waals surface area contributed by atoms with Gasteiger partial charge in [0.15, 0.2) is 0 Å². The van der Waals surface area contributed by atoms with Crippen LogP contribution in [0.4, 0.5) is 0 Å². The smallest absolute Gasteiger partial charge is 0.306 e. The molecule has 0 aliphatic carbocycles. The van der Waals surface area contributed by atoms with E-state index in [1.165, 1.54) is 0 Å². The topological polar surface area (TPSA) is 72.9 Å². The SMILES string of the molecule is CC(C)(C)C(=O)N(Cc1ccc(OS(C)(=O)=O)cc1)C[C@@H]1CCCO1. The molecule has 0 unspecified atom stereocenters. The molecule has 1 aliphatic heterocycles. The van der Waals surface area contributed by atoms with Gasteiger partial charge in [-0.2, -0.15) is 8.42 Å². The van der Waals surface area contributed by atoms with Gasteiger partial charge in [0.2, 0.25) is 5.91 Å². The Hall–Kier alpha value is -1.60. The first-order valence-electron chi connectivity index (χ1n) is 8.44. The van der Waals surface area contributed by atoms with Crippen LogP contribution in [-0.2, 0) is 26.2 Å². The quantitative estimate of drug-likeness (QED) is 0.721. The molecule has 0 N–H and O–H groups in total. The third-order valence-corrected chi connectivity index (χ3v) is 4.42. The summed E-state index contributed by atoms with van der Waals surface area (Å²) in [6.07, 6.45) is 3.08. The second kappa shape index (κ2) is 7.74. The summed E-state index contributed by atoms with van der Waals surface area (Å²) in [6.45, 7) is 7.48. The molecule has 25 heavy (non-hydrogen) atoms. The van der Waals surface area contributed by atoms with Crippen LogP contribution < -0.4 is 4.18 Å². The molecule has 0 spiro atoms. The van der Waals surface area contributed by atoms with Crippen LogP contribution in [0.1, 0.15) is 39.2 Å². The predicted octanol–water partition coefficient (Wildman–Crippen LogP) is 2.58. The number of carbonyl (C=O) groups excluding carboxylic acids is 1. The minimum Gasteiger partial charge on any atom is -0.383 e. The van der Waals surface area contributed by atoms with Crippen molar-refractivity contribution in [2.75, 3.05) is 19.4 Å². The van der Waals surface area contributed by atoms with E-state index in [1.54, 1.807) is 24.3 Å². The van der Waals surface area contributed by atoms with E-state index in [2.05, 4.69) is 0 Å². The average molecular weight is 369 g/mol. The normalized spacial score (nSPS) is 18.2. The van der Waals surface area contributed by atoms with Crippen molar-refractivity contribution in [1.29, 1.82) is 0 Å². The molecule has 1 aromatic rings. The third-order valence-electron chi connectivity index (χ3n) is 3.92. The first-order chi connectivity index (χ1) is 11.5. The van der Waals surface area contributed by atoms with E-state index < -0.39 is 15.5 Å².